The van der Waals surface area contributed by atoms with E-state index in [1.807, 2.05) is 18.2 Å². The van der Waals surface area contributed by atoms with Crippen LogP contribution in [0.15, 0.2) is 18.2 Å². The first kappa shape index (κ1) is 28.2. The molecule has 0 heterocycles. The Morgan fingerprint density at radius 3 is 2.23 bits per heavy atom. The average molecular weight is 515 g/mol. The number of rotatable bonds is 10. The van der Waals surface area contributed by atoms with E-state index in [9.17, 15) is 4.79 Å². The third-order valence-electron chi connectivity index (χ3n) is 5.36. The van der Waals surface area contributed by atoms with Crippen molar-refractivity contribution in [3.05, 3.63) is 23.8 Å². The lowest BCUT2D eigenvalue weighted by Crippen LogP contribution is -2.43. The normalized spacial score (nSPS) is 13.5. The van der Waals surface area contributed by atoms with E-state index in [4.69, 9.17) is 53.4 Å². The number of carbonyl (C=O) groups is 1. The summed E-state index contributed by atoms with van der Waals surface area (Å²) in [6.07, 6.45) is 0.0238. The maximum atomic E-state index is 12.0. The van der Waals surface area contributed by atoms with Gasteiger partial charge in [-0.1, -0.05) is 61.6 Å². The fraction of sp³-hybridized carbons (Fsp3) is 0.667. The monoisotopic (exact) mass is 513 g/mol. The van der Waals surface area contributed by atoms with Crippen LogP contribution in [0.3, 0.4) is 0 Å². The second-order valence-electron chi connectivity index (χ2n) is 8.90. The fourth-order valence-corrected chi connectivity index (χ4v) is 3.75. The van der Waals surface area contributed by atoms with Gasteiger partial charge in [0.05, 0.1) is 14.2 Å². The number of nitrogens with one attached hydrogen (secondary N) is 1. The first-order valence-corrected chi connectivity index (χ1v) is 14.0. The van der Waals surface area contributed by atoms with Crippen LogP contribution in [0.25, 0.3) is 0 Å². The van der Waals surface area contributed by atoms with Crippen LogP contribution in [0.1, 0.15) is 26.3 Å². The standard InChI is InChI=1S/C21H34Cl3NO5Si/c1-20(2,3)31(6,7)30-13-16(12-25-19(26)29-14-21(22,23)24)10-15-8-9-17(27-4)18(11-15)28-5/h8-9,11,16H,10,12-14H2,1-7H3,(H,25,26). The Labute approximate surface area is 201 Å². The minimum Gasteiger partial charge on any atom is -0.493 e. The predicted octanol–water partition coefficient (Wildman–Crippen LogP) is 5.98. The molecule has 1 aromatic rings. The minimum absolute atomic E-state index is 0.00698. The minimum atomic E-state index is -1.95. The second-order valence-corrected chi connectivity index (χ2v) is 16.2. The van der Waals surface area contributed by atoms with Crippen LogP contribution in [0, 0.1) is 5.92 Å². The molecule has 1 rings (SSSR count). The summed E-state index contributed by atoms with van der Waals surface area (Å²) in [6, 6.07) is 5.77. The predicted molar refractivity (Wildman–Crippen MR) is 130 cm³/mol. The van der Waals surface area contributed by atoms with E-state index in [1.165, 1.54) is 0 Å². The van der Waals surface area contributed by atoms with Gasteiger partial charge in [0.25, 0.3) is 0 Å². The van der Waals surface area contributed by atoms with Gasteiger partial charge in [0.2, 0.25) is 3.79 Å². The Kier molecular flexibility index (Phi) is 10.8. The lowest BCUT2D eigenvalue weighted by molar-refractivity contribution is 0.143. The van der Waals surface area contributed by atoms with Gasteiger partial charge in [0, 0.05) is 19.1 Å². The zero-order valence-corrected chi connectivity index (χ0v) is 22.6. The van der Waals surface area contributed by atoms with Gasteiger partial charge in [-0.15, -0.1) is 0 Å². The highest BCUT2D eigenvalue weighted by molar-refractivity contribution is 6.74. The van der Waals surface area contributed by atoms with Crippen molar-refractivity contribution >= 4 is 49.2 Å². The maximum absolute atomic E-state index is 12.0. The Hall–Kier alpha value is -0.863. The van der Waals surface area contributed by atoms with Crippen LogP contribution in [0.4, 0.5) is 4.79 Å². The van der Waals surface area contributed by atoms with Gasteiger partial charge in [-0.2, -0.15) is 0 Å². The highest BCUT2D eigenvalue weighted by Gasteiger charge is 2.37. The third-order valence-corrected chi connectivity index (χ3v) is 10.2. The van der Waals surface area contributed by atoms with Crippen LogP contribution in [-0.2, 0) is 15.6 Å². The van der Waals surface area contributed by atoms with Gasteiger partial charge < -0.3 is 24.0 Å². The van der Waals surface area contributed by atoms with Crippen molar-refractivity contribution in [1.82, 2.24) is 5.32 Å². The second kappa shape index (κ2) is 11.8. The molecule has 6 nitrogen and oxygen atoms in total. The molecule has 0 bridgehead atoms. The largest absolute Gasteiger partial charge is 0.493 e. The number of hydrogen-bond donors (Lipinski definition) is 1. The van der Waals surface area contributed by atoms with E-state index in [1.54, 1.807) is 14.2 Å². The van der Waals surface area contributed by atoms with Crippen molar-refractivity contribution in [2.45, 2.75) is 49.1 Å². The number of amides is 1. The van der Waals surface area contributed by atoms with Crippen LogP contribution < -0.4 is 14.8 Å². The quantitative estimate of drug-likeness (QED) is 0.307. The lowest BCUT2D eigenvalue weighted by Gasteiger charge is -2.37. The van der Waals surface area contributed by atoms with E-state index >= 15 is 0 Å². The smallest absolute Gasteiger partial charge is 0.407 e. The highest BCUT2D eigenvalue weighted by Crippen LogP contribution is 2.37. The number of methoxy groups -OCH3 is 2. The van der Waals surface area contributed by atoms with Crippen LogP contribution in [0.2, 0.25) is 18.1 Å². The van der Waals surface area contributed by atoms with E-state index in [-0.39, 0.29) is 17.6 Å². The molecule has 0 aromatic heterocycles. The number of halogens is 3. The molecule has 1 N–H and O–H groups in total. The Bertz CT molecular complexity index is 720. The van der Waals surface area contributed by atoms with Gasteiger partial charge in [-0.3, -0.25) is 0 Å². The summed E-state index contributed by atoms with van der Waals surface area (Å²) >= 11 is 16.9. The van der Waals surface area contributed by atoms with Gasteiger partial charge in [-0.05, 0) is 42.2 Å². The lowest BCUT2D eigenvalue weighted by atomic mass is 9.99. The molecule has 0 aliphatic rings. The van der Waals surface area contributed by atoms with Crippen molar-refractivity contribution in [2.75, 3.05) is 34.0 Å². The molecule has 1 atom stereocenters. The van der Waals surface area contributed by atoms with E-state index in [0.29, 0.717) is 31.1 Å². The fourth-order valence-electron chi connectivity index (χ4n) is 2.50. The molecule has 1 aromatic carbocycles. The van der Waals surface area contributed by atoms with Crippen LogP contribution in [-0.4, -0.2) is 52.2 Å². The highest BCUT2D eigenvalue weighted by atomic mass is 35.6. The molecule has 0 saturated heterocycles. The summed E-state index contributed by atoms with van der Waals surface area (Å²) < 4.78 is 20.4. The molecule has 0 spiro atoms. The topological polar surface area (TPSA) is 66.0 Å². The zero-order chi connectivity index (χ0) is 23.9. The molecule has 10 heteroatoms. The van der Waals surface area contributed by atoms with Gasteiger partial charge in [0.15, 0.2) is 19.8 Å². The molecule has 0 aliphatic heterocycles. The number of alkyl halides is 3. The van der Waals surface area contributed by atoms with Gasteiger partial charge in [0.1, 0.15) is 6.61 Å². The molecule has 0 radical (unpaired) electrons. The summed E-state index contributed by atoms with van der Waals surface area (Å²) in [6.45, 7) is 11.5. The molecule has 0 aliphatic carbocycles. The Balaban J connectivity index is 2.88. The molecular weight excluding hydrogens is 481 g/mol. The first-order chi connectivity index (χ1) is 14.2. The molecule has 0 saturated carbocycles. The van der Waals surface area contributed by atoms with E-state index in [2.05, 4.69) is 39.2 Å². The van der Waals surface area contributed by atoms with Crippen molar-refractivity contribution < 1.29 is 23.4 Å². The number of alkyl carbamates (subject to hydrolysis) is 1. The SMILES string of the molecule is COc1ccc(CC(CNC(=O)OCC(Cl)(Cl)Cl)CO[Si](C)(C)C(C)(C)C)cc1OC. The Morgan fingerprint density at radius 2 is 1.71 bits per heavy atom. The van der Waals surface area contributed by atoms with Crippen molar-refractivity contribution in [1.29, 1.82) is 0 Å². The van der Waals surface area contributed by atoms with Crippen molar-refractivity contribution in [2.24, 2.45) is 5.92 Å². The summed E-state index contributed by atoms with van der Waals surface area (Å²) in [5, 5.41) is 2.83. The summed E-state index contributed by atoms with van der Waals surface area (Å²) in [5.74, 6) is 1.32. The van der Waals surface area contributed by atoms with Crippen molar-refractivity contribution in [3.8, 4) is 11.5 Å². The summed E-state index contributed by atoms with van der Waals surface area (Å²) in [4.78, 5) is 12.0. The molecule has 1 unspecified atom stereocenters. The molecule has 1 amide bonds. The third kappa shape index (κ3) is 10.1. The zero-order valence-electron chi connectivity index (χ0n) is 19.3. The summed E-state index contributed by atoms with van der Waals surface area (Å²) in [5.41, 5.74) is 1.04. The van der Waals surface area contributed by atoms with E-state index < -0.39 is 18.2 Å². The first-order valence-electron chi connectivity index (χ1n) is 10.0. The average Bonchev–Trinajstić information content (AvgIpc) is 2.66. The van der Waals surface area contributed by atoms with Crippen LogP contribution in [0.5, 0.6) is 11.5 Å². The van der Waals surface area contributed by atoms with E-state index in [0.717, 1.165) is 5.56 Å². The van der Waals surface area contributed by atoms with Crippen LogP contribution >= 0.6 is 34.8 Å². The Morgan fingerprint density at radius 1 is 1.10 bits per heavy atom. The number of carbonyl (C=O) groups excluding carboxylic acids is 1. The summed E-state index contributed by atoms with van der Waals surface area (Å²) in [7, 11) is 1.24. The van der Waals surface area contributed by atoms with Crippen molar-refractivity contribution in [3.63, 3.8) is 0 Å². The number of hydrogen-bond acceptors (Lipinski definition) is 5. The molecular formula is C21H34Cl3NO5Si. The number of ether oxygens (including phenoxy) is 3. The molecule has 0 fully saturated rings. The molecule has 31 heavy (non-hydrogen) atoms. The van der Waals surface area contributed by atoms with Gasteiger partial charge in [-0.25, -0.2) is 4.79 Å². The maximum Gasteiger partial charge on any atom is 0.407 e. The van der Waals surface area contributed by atoms with Gasteiger partial charge >= 0.3 is 6.09 Å². The molecule has 178 valence electrons. The number of benzene rings is 1.